The maximum absolute atomic E-state index is 14.3. The van der Waals surface area contributed by atoms with Crippen LogP contribution >= 0.6 is 0 Å². The molecule has 3 aromatic carbocycles. The van der Waals surface area contributed by atoms with Crippen LogP contribution < -0.4 is 25.8 Å². The van der Waals surface area contributed by atoms with E-state index >= 15 is 0 Å². The number of nitrogens with zero attached hydrogens (tertiary/aromatic N) is 4. The van der Waals surface area contributed by atoms with Gasteiger partial charge in [-0.05, 0) is 101 Å². The van der Waals surface area contributed by atoms with Crippen LogP contribution in [0.25, 0.3) is 0 Å². The smallest absolute Gasteiger partial charge is 0.489 e. The lowest BCUT2D eigenvalue weighted by atomic mass is 9.89. The van der Waals surface area contributed by atoms with E-state index in [1.165, 1.54) is 18.2 Å². The summed E-state index contributed by atoms with van der Waals surface area (Å²) in [5, 5.41) is 12.6. The van der Waals surface area contributed by atoms with E-state index in [-0.39, 0.29) is 48.5 Å². The fourth-order valence-electron chi connectivity index (χ4n) is 6.50. The van der Waals surface area contributed by atoms with Gasteiger partial charge in [0, 0.05) is 37.8 Å². The summed E-state index contributed by atoms with van der Waals surface area (Å²) in [5.74, 6) is -0.161. The SMILES string of the molecule is CC(CN)OC(C)(C)CNC(=O)c1ccc2c(c1)N(OC(F)(F)F)C(CN1CCC(c3cccc(OCc4ccc(C#N)cc4F)c3)CC1)N2C. The van der Waals surface area contributed by atoms with Gasteiger partial charge >= 0.3 is 6.36 Å². The molecule has 0 spiro atoms. The van der Waals surface area contributed by atoms with E-state index in [2.05, 4.69) is 15.1 Å². The molecule has 2 atom stereocenters. The van der Waals surface area contributed by atoms with E-state index in [0.717, 1.165) is 23.5 Å². The van der Waals surface area contributed by atoms with Gasteiger partial charge in [0.05, 0.1) is 34.7 Å². The highest BCUT2D eigenvalue weighted by molar-refractivity contribution is 5.97. The number of nitriles is 1. The first kappa shape index (κ1) is 37.8. The van der Waals surface area contributed by atoms with Gasteiger partial charge in [-0.25, -0.2) is 9.45 Å². The molecule has 274 valence electrons. The van der Waals surface area contributed by atoms with Crippen LogP contribution in [-0.4, -0.2) is 74.8 Å². The lowest BCUT2D eigenvalue weighted by Gasteiger charge is -2.38. The number of likely N-dealkylation sites (N-methyl/N-ethyl adjacent to an activating group) is 1. The molecule has 10 nitrogen and oxygen atoms in total. The van der Waals surface area contributed by atoms with E-state index in [1.807, 2.05) is 45.0 Å². The summed E-state index contributed by atoms with van der Waals surface area (Å²) in [4.78, 5) is 21.5. The Morgan fingerprint density at radius 1 is 1.08 bits per heavy atom. The number of piperidine rings is 1. The van der Waals surface area contributed by atoms with E-state index in [9.17, 15) is 22.4 Å². The van der Waals surface area contributed by atoms with Crippen LogP contribution in [0.3, 0.4) is 0 Å². The number of carbonyl (C=O) groups is 1. The molecule has 14 heteroatoms. The van der Waals surface area contributed by atoms with Crippen molar-refractivity contribution in [2.75, 3.05) is 49.7 Å². The number of ether oxygens (including phenoxy) is 2. The van der Waals surface area contributed by atoms with E-state index < -0.39 is 29.9 Å². The summed E-state index contributed by atoms with van der Waals surface area (Å²) in [6.07, 6.45) is -4.43. The Balaban J connectivity index is 1.21. The summed E-state index contributed by atoms with van der Waals surface area (Å²) in [5.41, 5.74) is 7.44. The number of anilines is 2. The van der Waals surface area contributed by atoms with Crippen LogP contribution in [0.5, 0.6) is 5.75 Å². The first-order chi connectivity index (χ1) is 24.2. The Morgan fingerprint density at radius 2 is 1.82 bits per heavy atom. The molecule has 0 bridgehead atoms. The zero-order valence-corrected chi connectivity index (χ0v) is 29.2. The fourth-order valence-corrected chi connectivity index (χ4v) is 6.50. The lowest BCUT2D eigenvalue weighted by molar-refractivity contribution is -0.332. The largest absolute Gasteiger partial charge is 0.544 e. The molecule has 2 unspecified atom stereocenters. The summed E-state index contributed by atoms with van der Waals surface area (Å²) >= 11 is 0. The molecule has 3 aromatic rings. The van der Waals surface area contributed by atoms with Crippen molar-refractivity contribution in [1.29, 1.82) is 5.26 Å². The van der Waals surface area contributed by atoms with Crippen LogP contribution in [0.2, 0.25) is 0 Å². The predicted molar refractivity (Wildman–Crippen MR) is 185 cm³/mol. The second-order valence-electron chi connectivity index (χ2n) is 13.6. The Labute approximate surface area is 295 Å². The van der Waals surface area contributed by atoms with Crippen LogP contribution in [0.4, 0.5) is 28.9 Å². The molecule has 0 radical (unpaired) electrons. The number of fused-ring (bicyclic) bond motifs is 1. The quantitative estimate of drug-likeness (QED) is 0.204. The highest BCUT2D eigenvalue weighted by Gasteiger charge is 2.44. The summed E-state index contributed by atoms with van der Waals surface area (Å²) < 4.78 is 67.3. The number of hydrogen-bond acceptors (Lipinski definition) is 9. The minimum atomic E-state index is -4.95. The fraction of sp³-hybridized carbons (Fsp3) is 0.459. The topological polar surface area (TPSA) is 116 Å². The molecule has 2 heterocycles. The zero-order chi connectivity index (χ0) is 36.9. The van der Waals surface area contributed by atoms with Gasteiger partial charge in [-0.2, -0.15) is 10.1 Å². The number of likely N-dealkylation sites (tertiary alicyclic amines) is 1. The Kier molecular flexibility index (Phi) is 11.8. The second-order valence-corrected chi connectivity index (χ2v) is 13.6. The van der Waals surface area contributed by atoms with Gasteiger partial charge < -0.3 is 25.4 Å². The molecule has 3 N–H and O–H groups in total. The molecule has 0 aliphatic carbocycles. The van der Waals surface area contributed by atoms with Crippen molar-refractivity contribution in [3.05, 3.63) is 88.7 Å². The molecule has 1 amide bonds. The third kappa shape index (κ3) is 9.68. The van der Waals surface area contributed by atoms with Crippen molar-refractivity contribution in [1.82, 2.24) is 10.2 Å². The molecule has 1 fully saturated rings. The molecule has 51 heavy (non-hydrogen) atoms. The van der Waals surface area contributed by atoms with Crippen molar-refractivity contribution < 1.29 is 36.7 Å². The van der Waals surface area contributed by atoms with Gasteiger partial charge in [0.15, 0.2) is 0 Å². The number of benzene rings is 3. The van der Waals surface area contributed by atoms with E-state index in [0.29, 0.717) is 36.6 Å². The summed E-state index contributed by atoms with van der Waals surface area (Å²) in [7, 11) is 1.71. The standard InChI is InChI=1S/C37H44F4N6O4/c1-24(19-42)50-36(2,3)23-44-35(48)28-10-11-32-33(18-28)47(51-37(39,40)41)34(45(32)4)21-46-14-12-26(13-15-46)27-6-5-7-30(17-27)49-22-29-9-8-25(20-43)16-31(29)38/h5-11,16-18,24,26,34H,12-15,19,21-23,42H2,1-4H3,(H,44,48). The number of amides is 1. The third-order valence-corrected chi connectivity index (χ3v) is 9.22. The number of halogens is 4. The Bertz CT molecular complexity index is 1720. The van der Waals surface area contributed by atoms with Gasteiger partial charge in [-0.3, -0.25) is 9.69 Å². The predicted octanol–water partition coefficient (Wildman–Crippen LogP) is 6.06. The number of nitrogens with one attached hydrogen (secondary N) is 1. The first-order valence-electron chi connectivity index (χ1n) is 16.9. The van der Waals surface area contributed by atoms with Crippen LogP contribution in [0.15, 0.2) is 60.7 Å². The number of hydrogen-bond donors (Lipinski definition) is 2. The van der Waals surface area contributed by atoms with Crippen molar-refractivity contribution in [2.45, 2.75) is 70.4 Å². The number of nitrogens with two attached hydrogens (primary N) is 1. The van der Waals surface area contributed by atoms with Gasteiger partial charge in [0.2, 0.25) is 0 Å². The van der Waals surface area contributed by atoms with Crippen molar-refractivity contribution >= 4 is 17.3 Å². The van der Waals surface area contributed by atoms with Gasteiger partial charge in [0.1, 0.15) is 24.3 Å². The number of hydroxylamine groups is 1. The van der Waals surface area contributed by atoms with Crippen LogP contribution in [0, 0.1) is 17.1 Å². The maximum Gasteiger partial charge on any atom is 0.544 e. The number of rotatable bonds is 13. The molecule has 5 rings (SSSR count). The molecule has 2 aliphatic heterocycles. The highest BCUT2D eigenvalue weighted by Crippen LogP contribution is 2.42. The van der Waals surface area contributed by atoms with Crippen molar-refractivity contribution in [3.63, 3.8) is 0 Å². The molecule has 1 saturated heterocycles. The lowest BCUT2D eigenvalue weighted by Crippen LogP contribution is -2.52. The molecule has 2 aliphatic rings. The first-order valence-corrected chi connectivity index (χ1v) is 16.9. The highest BCUT2D eigenvalue weighted by atomic mass is 19.4. The molecule has 0 saturated carbocycles. The average Bonchev–Trinajstić information content (AvgIpc) is 3.34. The third-order valence-electron chi connectivity index (χ3n) is 9.22. The molecular weight excluding hydrogens is 668 g/mol. The molecular formula is C37H44F4N6O4. The Morgan fingerprint density at radius 3 is 2.49 bits per heavy atom. The van der Waals surface area contributed by atoms with Gasteiger partial charge in [-0.1, -0.05) is 18.2 Å². The van der Waals surface area contributed by atoms with Crippen molar-refractivity contribution in [3.8, 4) is 11.8 Å². The van der Waals surface area contributed by atoms with Crippen LogP contribution in [0.1, 0.15) is 66.6 Å². The van der Waals surface area contributed by atoms with E-state index in [4.69, 9.17) is 20.5 Å². The van der Waals surface area contributed by atoms with E-state index in [1.54, 1.807) is 36.2 Å². The summed E-state index contributed by atoms with van der Waals surface area (Å²) in [6.45, 7) is 7.52. The van der Waals surface area contributed by atoms with Gasteiger partial charge in [0.25, 0.3) is 5.91 Å². The number of alkyl halides is 3. The normalized spacial score (nSPS) is 17.6. The van der Waals surface area contributed by atoms with Crippen LogP contribution in [-0.2, 0) is 16.2 Å². The minimum absolute atomic E-state index is 0.0150. The minimum Gasteiger partial charge on any atom is -0.489 e. The zero-order valence-electron chi connectivity index (χ0n) is 29.2. The van der Waals surface area contributed by atoms with Gasteiger partial charge in [-0.15, -0.1) is 13.2 Å². The summed E-state index contributed by atoms with van der Waals surface area (Å²) in [6, 6.07) is 18.4. The monoisotopic (exact) mass is 712 g/mol. The maximum atomic E-state index is 14.3. The molecule has 0 aromatic heterocycles. The second kappa shape index (κ2) is 15.9. The number of carbonyl (C=O) groups excluding carboxylic acids is 1. The Hall–Kier alpha value is -4.42. The van der Waals surface area contributed by atoms with Crippen molar-refractivity contribution in [2.24, 2.45) is 5.73 Å². The average molecular weight is 713 g/mol.